The second-order valence-electron chi connectivity index (χ2n) is 5.74. The first-order valence-corrected chi connectivity index (χ1v) is 8.29. The molecule has 0 bridgehead atoms. The number of nitrogens with two attached hydrogens (primary N) is 1. The zero-order chi connectivity index (χ0) is 19.9. The van der Waals surface area contributed by atoms with E-state index < -0.39 is 0 Å². The van der Waals surface area contributed by atoms with E-state index in [9.17, 15) is 4.79 Å². The molecule has 0 atom stereocenters. The van der Waals surface area contributed by atoms with Gasteiger partial charge < -0.3 is 10.6 Å². The lowest BCUT2D eigenvalue weighted by Crippen LogP contribution is -2.31. The molecular weight excluding hydrogens is 356 g/mol. The van der Waals surface area contributed by atoms with Crippen molar-refractivity contribution >= 4 is 34.0 Å². The van der Waals surface area contributed by atoms with Crippen molar-refractivity contribution in [3.63, 3.8) is 0 Å². The Bertz CT molecular complexity index is 1080. The first-order valence-electron chi connectivity index (χ1n) is 8.29. The van der Waals surface area contributed by atoms with E-state index in [-0.39, 0.29) is 36.3 Å². The lowest BCUT2D eigenvalue weighted by atomic mass is 10.0. The quantitative estimate of drug-likeness (QED) is 0.439. The van der Waals surface area contributed by atoms with E-state index in [0.29, 0.717) is 5.56 Å². The maximum Gasteiger partial charge on any atom is 0.270 e. The van der Waals surface area contributed by atoms with Crippen LogP contribution in [-0.4, -0.2) is 29.0 Å². The van der Waals surface area contributed by atoms with Gasteiger partial charge in [-0.3, -0.25) is 15.6 Å². The van der Waals surface area contributed by atoms with Crippen molar-refractivity contribution < 1.29 is 4.79 Å². The molecule has 0 spiro atoms. The third-order valence-electron chi connectivity index (χ3n) is 4.01. The second kappa shape index (κ2) is 8.34. The van der Waals surface area contributed by atoms with E-state index >= 15 is 0 Å². The van der Waals surface area contributed by atoms with Gasteiger partial charge in [-0.15, -0.1) is 0 Å². The Morgan fingerprint density at radius 2 is 1.79 bits per heavy atom. The molecule has 9 nitrogen and oxygen atoms in total. The summed E-state index contributed by atoms with van der Waals surface area (Å²) in [5, 5.41) is 19.6. The normalized spacial score (nSPS) is 9.93. The molecule has 2 aromatic carbocycles. The zero-order valence-corrected chi connectivity index (χ0v) is 14.8. The highest BCUT2D eigenvalue weighted by Crippen LogP contribution is 2.25. The Kier molecular flexibility index (Phi) is 5.49. The molecule has 3 aromatic rings. The fourth-order valence-corrected chi connectivity index (χ4v) is 2.72. The molecule has 4 N–H and O–H groups in total. The van der Waals surface area contributed by atoms with E-state index in [0.717, 1.165) is 10.8 Å². The summed E-state index contributed by atoms with van der Waals surface area (Å²) in [6.07, 6.45) is 1.24. The Morgan fingerprint density at radius 1 is 1.07 bits per heavy atom. The number of benzene rings is 2. The number of hydrogen-bond donors (Lipinski definition) is 3. The van der Waals surface area contributed by atoms with Crippen molar-refractivity contribution in [2.45, 2.75) is 0 Å². The van der Waals surface area contributed by atoms with Crippen molar-refractivity contribution in [1.29, 1.82) is 10.5 Å². The van der Waals surface area contributed by atoms with Crippen LogP contribution in [0.2, 0.25) is 0 Å². The summed E-state index contributed by atoms with van der Waals surface area (Å²) in [6.45, 7) is -0.118. The van der Waals surface area contributed by atoms with E-state index in [1.54, 1.807) is 12.1 Å². The molecule has 1 aromatic heterocycles. The molecule has 0 unspecified atom stereocenters. The van der Waals surface area contributed by atoms with Gasteiger partial charge in [-0.05, 0) is 16.8 Å². The molecule has 0 radical (unpaired) electrons. The topological polar surface area (TPSA) is 144 Å². The van der Waals surface area contributed by atoms with Crippen LogP contribution in [0.3, 0.4) is 0 Å². The standard InChI is InChI=1S/C19H16N8O/c20-8-10-27(11-9-21)18-16(22)17(23-12-24-18)25-26-19(28)15-7-3-5-13-4-1-2-6-14(13)15/h1-7,12H,10-11,22H2,(H,26,28)(H,23,24,25). The van der Waals surface area contributed by atoms with Crippen LogP contribution in [0.4, 0.5) is 17.3 Å². The monoisotopic (exact) mass is 372 g/mol. The van der Waals surface area contributed by atoms with Gasteiger partial charge in [-0.25, -0.2) is 9.97 Å². The highest BCUT2D eigenvalue weighted by molar-refractivity contribution is 6.07. The van der Waals surface area contributed by atoms with Crippen LogP contribution in [0, 0.1) is 22.7 Å². The number of nitrogens with zero attached hydrogens (tertiary/aromatic N) is 5. The number of carbonyl (C=O) groups is 1. The van der Waals surface area contributed by atoms with E-state index in [2.05, 4.69) is 20.8 Å². The highest BCUT2D eigenvalue weighted by atomic mass is 16.2. The number of hydrogen-bond acceptors (Lipinski definition) is 8. The lowest BCUT2D eigenvalue weighted by molar-refractivity contribution is 0.0964. The Morgan fingerprint density at radius 3 is 2.54 bits per heavy atom. The third kappa shape index (κ3) is 3.74. The van der Waals surface area contributed by atoms with Crippen LogP contribution in [-0.2, 0) is 0 Å². The van der Waals surface area contributed by atoms with E-state index in [1.165, 1.54) is 11.2 Å². The molecule has 1 amide bonds. The van der Waals surface area contributed by atoms with Gasteiger partial charge >= 0.3 is 0 Å². The summed E-state index contributed by atoms with van der Waals surface area (Å²) >= 11 is 0. The minimum Gasteiger partial charge on any atom is -0.393 e. The van der Waals surface area contributed by atoms with E-state index in [1.807, 2.05) is 42.5 Å². The lowest BCUT2D eigenvalue weighted by Gasteiger charge is -2.20. The number of rotatable bonds is 6. The van der Waals surface area contributed by atoms with Gasteiger partial charge in [0, 0.05) is 5.56 Å². The molecule has 138 valence electrons. The molecule has 9 heteroatoms. The van der Waals surface area contributed by atoms with Crippen LogP contribution in [0.25, 0.3) is 10.8 Å². The van der Waals surface area contributed by atoms with Gasteiger partial charge in [-0.2, -0.15) is 10.5 Å². The van der Waals surface area contributed by atoms with Crippen LogP contribution in [0.15, 0.2) is 48.8 Å². The molecule has 0 saturated heterocycles. The molecule has 0 saturated carbocycles. The zero-order valence-electron chi connectivity index (χ0n) is 14.8. The number of nitrogen functional groups attached to an aromatic ring is 1. The number of nitrogens with one attached hydrogen (secondary N) is 2. The number of anilines is 3. The molecule has 0 fully saturated rings. The minimum absolute atomic E-state index is 0.0590. The number of fused-ring (bicyclic) bond motifs is 1. The van der Waals surface area contributed by atoms with Gasteiger partial charge in [0.25, 0.3) is 5.91 Å². The van der Waals surface area contributed by atoms with Crippen molar-refractivity contribution in [3.8, 4) is 12.1 Å². The number of nitriles is 2. The largest absolute Gasteiger partial charge is 0.393 e. The van der Waals surface area contributed by atoms with Crippen molar-refractivity contribution in [2.24, 2.45) is 0 Å². The Balaban J connectivity index is 1.81. The SMILES string of the molecule is N#CCN(CC#N)c1ncnc(NNC(=O)c2cccc3ccccc23)c1N. The average molecular weight is 372 g/mol. The molecule has 28 heavy (non-hydrogen) atoms. The summed E-state index contributed by atoms with van der Waals surface area (Å²) in [5.41, 5.74) is 11.9. The van der Waals surface area contributed by atoms with Gasteiger partial charge in [0.05, 0.1) is 12.1 Å². The fraction of sp³-hybridized carbons (Fsp3) is 0.105. The molecule has 1 heterocycles. The Hall–Kier alpha value is -4.37. The smallest absolute Gasteiger partial charge is 0.270 e. The predicted molar refractivity (Wildman–Crippen MR) is 105 cm³/mol. The summed E-state index contributed by atoms with van der Waals surface area (Å²) in [4.78, 5) is 22.1. The average Bonchev–Trinajstić information content (AvgIpc) is 2.72. The molecule has 3 rings (SSSR count). The van der Waals surface area contributed by atoms with Crippen molar-refractivity contribution in [3.05, 3.63) is 54.4 Å². The van der Waals surface area contributed by atoms with Crippen LogP contribution < -0.4 is 21.5 Å². The first kappa shape index (κ1) is 18.4. The van der Waals surface area contributed by atoms with E-state index in [4.69, 9.17) is 16.3 Å². The second-order valence-corrected chi connectivity index (χ2v) is 5.74. The summed E-state index contributed by atoms with van der Waals surface area (Å²) in [7, 11) is 0. The first-order chi connectivity index (χ1) is 13.7. The van der Waals surface area contributed by atoms with Gasteiger partial charge in [0.2, 0.25) is 0 Å². The van der Waals surface area contributed by atoms with Crippen LogP contribution in [0.5, 0.6) is 0 Å². The maximum atomic E-state index is 12.6. The number of hydrazine groups is 1. The Labute approximate surface area is 161 Å². The van der Waals surface area contributed by atoms with Gasteiger partial charge in [-0.1, -0.05) is 36.4 Å². The molecule has 0 aliphatic heterocycles. The summed E-state index contributed by atoms with van der Waals surface area (Å²) in [6, 6.07) is 16.9. The fourth-order valence-electron chi connectivity index (χ4n) is 2.72. The van der Waals surface area contributed by atoms with Crippen LogP contribution >= 0.6 is 0 Å². The van der Waals surface area contributed by atoms with Crippen LogP contribution in [0.1, 0.15) is 10.4 Å². The minimum atomic E-state index is -0.359. The number of carbonyl (C=O) groups excluding carboxylic acids is 1. The number of amides is 1. The molecule has 0 aliphatic carbocycles. The van der Waals surface area contributed by atoms with Gasteiger partial charge in [0.15, 0.2) is 11.6 Å². The highest BCUT2D eigenvalue weighted by Gasteiger charge is 2.16. The van der Waals surface area contributed by atoms with Gasteiger partial charge in [0.1, 0.15) is 25.1 Å². The molecule has 0 aliphatic rings. The predicted octanol–water partition coefficient (Wildman–Crippen LogP) is 1.82. The maximum absolute atomic E-state index is 12.6. The summed E-state index contributed by atoms with van der Waals surface area (Å²) in [5.74, 6) is 0.0433. The molecular formula is C19H16N8O. The van der Waals surface area contributed by atoms with Crippen molar-refractivity contribution in [2.75, 3.05) is 29.1 Å². The van der Waals surface area contributed by atoms with Crippen molar-refractivity contribution in [1.82, 2.24) is 15.4 Å². The third-order valence-corrected chi connectivity index (χ3v) is 4.01. The number of aromatic nitrogens is 2. The summed E-state index contributed by atoms with van der Waals surface area (Å²) < 4.78 is 0.